The van der Waals surface area contributed by atoms with E-state index in [1.165, 1.54) is 0 Å². The molecule has 0 bridgehead atoms. The van der Waals surface area contributed by atoms with E-state index in [1.54, 1.807) is 22.9 Å². The summed E-state index contributed by atoms with van der Waals surface area (Å²) in [6.45, 7) is 4.37. The molecule has 7 heteroatoms. The second kappa shape index (κ2) is 7.59. The number of aromatic nitrogens is 2. The van der Waals surface area contributed by atoms with Gasteiger partial charge in [0.15, 0.2) is 0 Å². The summed E-state index contributed by atoms with van der Waals surface area (Å²) in [4.78, 5) is 13.0. The summed E-state index contributed by atoms with van der Waals surface area (Å²) < 4.78 is 19.3. The summed E-state index contributed by atoms with van der Waals surface area (Å²) >= 11 is 0. The van der Waals surface area contributed by atoms with Gasteiger partial charge in [-0.25, -0.2) is 4.68 Å². The van der Waals surface area contributed by atoms with Crippen LogP contribution in [-0.2, 0) is 22.3 Å². The monoisotopic (exact) mass is 395 g/mol. The Morgan fingerprint density at radius 1 is 1.18 bits per heavy atom. The van der Waals surface area contributed by atoms with Crippen LogP contribution in [0.3, 0.4) is 0 Å². The van der Waals surface area contributed by atoms with Gasteiger partial charge in [-0.15, -0.1) is 0 Å². The average Bonchev–Trinajstić information content (AvgIpc) is 3.20. The van der Waals surface area contributed by atoms with Gasteiger partial charge in [0.2, 0.25) is 0 Å². The zero-order chi connectivity index (χ0) is 19.7. The van der Waals surface area contributed by atoms with Gasteiger partial charge in [0.25, 0.3) is 5.91 Å². The van der Waals surface area contributed by atoms with E-state index < -0.39 is 10.8 Å². The van der Waals surface area contributed by atoms with Gasteiger partial charge in [-0.3, -0.25) is 9.00 Å². The van der Waals surface area contributed by atoms with Crippen LogP contribution < -0.4 is 10.1 Å². The van der Waals surface area contributed by atoms with Crippen molar-refractivity contribution in [2.24, 2.45) is 0 Å². The molecule has 0 spiro atoms. The fraction of sp³-hybridized carbons (Fsp3) is 0.238. The third-order valence-electron chi connectivity index (χ3n) is 4.61. The third-order valence-corrected chi connectivity index (χ3v) is 5.82. The van der Waals surface area contributed by atoms with E-state index >= 15 is 0 Å². The predicted octanol–water partition coefficient (Wildman–Crippen LogP) is 3.59. The van der Waals surface area contributed by atoms with Crippen LogP contribution in [0.15, 0.2) is 48.5 Å². The topological polar surface area (TPSA) is 73.2 Å². The van der Waals surface area contributed by atoms with Crippen molar-refractivity contribution >= 4 is 22.5 Å². The molecule has 1 amide bonds. The van der Waals surface area contributed by atoms with Gasteiger partial charge in [0, 0.05) is 16.4 Å². The zero-order valence-electron chi connectivity index (χ0n) is 15.8. The molecule has 0 aliphatic carbocycles. The molecule has 0 radical (unpaired) electrons. The largest absolute Gasteiger partial charge is 0.493 e. The number of rotatable bonds is 5. The first-order valence-corrected chi connectivity index (χ1v) is 10.6. The van der Waals surface area contributed by atoms with Gasteiger partial charge >= 0.3 is 0 Å². The van der Waals surface area contributed by atoms with Crippen molar-refractivity contribution in [2.75, 3.05) is 11.9 Å². The second-order valence-corrected chi connectivity index (χ2v) is 8.09. The number of aryl methyl sites for hydroxylation is 1. The van der Waals surface area contributed by atoms with Crippen LogP contribution in [0.1, 0.15) is 34.1 Å². The lowest BCUT2D eigenvalue weighted by molar-refractivity contribution is 0.102. The summed E-state index contributed by atoms with van der Waals surface area (Å²) in [6, 6.07) is 15.0. The highest BCUT2D eigenvalue weighted by atomic mass is 32.2. The molecule has 1 aliphatic heterocycles. The molecule has 4 rings (SSSR count). The second-order valence-electron chi connectivity index (χ2n) is 6.63. The molecule has 1 aliphatic rings. The third kappa shape index (κ3) is 3.45. The Kier molecular flexibility index (Phi) is 5.00. The van der Waals surface area contributed by atoms with Crippen LogP contribution in [0.2, 0.25) is 0 Å². The molecular formula is C21H21N3O3S. The van der Waals surface area contributed by atoms with Crippen LogP contribution in [0.25, 0.3) is 5.69 Å². The van der Waals surface area contributed by atoms with Gasteiger partial charge in [0.05, 0.1) is 35.1 Å². The van der Waals surface area contributed by atoms with Crippen LogP contribution in [0.4, 0.5) is 5.82 Å². The maximum absolute atomic E-state index is 13.0. The number of hydrogen-bond acceptors (Lipinski definition) is 4. The number of hydrogen-bond donors (Lipinski definition) is 1. The lowest BCUT2D eigenvalue weighted by Crippen LogP contribution is -2.17. The first kappa shape index (κ1) is 18.4. The molecule has 2 heterocycles. The molecule has 2 aromatic carbocycles. The number of carbonyl (C=O) groups is 1. The van der Waals surface area contributed by atoms with Gasteiger partial charge in [-0.1, -0.05) is 29.8 Å². The quantitative estimate of drug-likeness (QED) is 0.716. The first-order valence-electron chi connectivity index (χ1n) is 9.12. The Hall–Kier alpha value is -2.93. The highest BCUT2D eigenvalue weighted by Gasteiger charge is 2.29. The van der Waals surface area contributed by atoms with Crippen molar-refractivity contribution in [3.8, 4) is 11.4 Å². The normalized spacial score (nSPS) is 15.3. The van der Waals surface area contributed by atoms with Crippen molar-refractivity contribution < 1.29 is 13.7 Å². The van der Waals surface area contributed by atoms with Gasteiger partial charge < -0.3 is 10.1 Å². The summed E-state index contributed by atoms with van der Waals surface area (Å²) in [6.07, 6.45) is 0. The Morgan fingerprint density at radius 3 is 2.68 bits per heavy atom. The number of ether oxygens (including phenoxy) is 1. The van der Waals surface area contributed by atoms with E-state index in [0.29, 0.717) is 35.2 Å². The minimum absolute atomic E-state index is 0.280. The number of amides is 1. The molecule has 1 aromatic heterocycles. The highest BCUT2D eigenvalue weighted by Crippen LogP contribution is 2.32. The van der Waals surface area contributed by atoms with Crippen LogP contribution in [0.5, 0.6) is 5.75 Å². The molecular weight excluding hydrogens is 374 g/mol. The Balaban J connectivity index is 1.74. The van der Waals surface area contributed by atoms with Gasteiger partial charge in [0.1, 0.15) is 11.6 Å². The molecule has 6 nitrogen and oxygen atoms in total. The Bertz CT molecular complexity index is 1060. The summed E-state index contributed by atoms with van der Waals surface area (Å²) in [5, 5.41) is 7.61. The molecule has 0 saturated heterocycles. The molecule has 3 aromatic rings. The summed E-state index contributed by atoms with van der Waals surface area (Å²) in [5.74, 6) is 1.62. The first-order chi connectivity index (χ1) is 13.6. The maximum Gasteiger partial charge on any atom is 0.260 e. The van der Waals surface area contributed by atoms with Crippen molar-refractivity contribution in [3.05, 3.63) is 70.9 Å². The number of para-hydroxylation sites is 1. The minimum atomic E-state index is -0.985. The molecule has 28 heavy (non-hydrogen) atoms. The number of benzene rings is 2. The smallest absolute Gasteiger partial charge is 0.260 e. The summed E-state index contributed by atoms with van der Waals surface area (Å²) in [7, 11) is -0.985. The van der Waals surface area contributed by atoms with Crippen molar-refractivity contribution in [3.63, 3.8) is 0 Å². The van der Waals surface area contributed by atoms with E-state index in [0.717, 1.165) is 22.5 Å². The SMILES string of the molecule is CCOc1ccccc1C(=O)Nc1c2c(nn1-c1ccc(C)cc1)C[S@](=O)C2. The minimum Gasteiger partial charge on any atom is -0.493 e. The maximum atomic E-state index is 13.0. The molecule has 144 valence electrons. The fourth-order valence-electron chi connectivity index (χ4n) is 3.24. The van der Waals surface area contributed by atoms with E-state index in [-0.39, 0.29) is 5.91 Å². The standard InChI is InChI=1S/C21H21N3O3S/c1-3-27-19-7-5-4-6-16(19)21(25)22-20-17-12-28(26)13-18(17)23-24(20)15-10-8-14(2)9-11-15/h4-11H,3,12-13H2,1-2H3,(H,22,25)/t28-/m1/s1. The van der Waals surface area contributed by atoms with Gasteiger partial charge in [-0.05, 0) is 38.1 Å². The van der Waals surface area contributed by atoms with Crippen LogP contribution >= 0.6 is 0 Å². The van der Waals surface area contributed by atoms with E-state index in [2.05, 4.69) is 10.4 Å². The molecule has 0 unspecified atom stereocenters. The zero-order valence-corrected chi connectivity index (χ0v) is 16.6. The predicted molar refractivity (Wildman–Crippen MR) is 109 cm³/mol. The van der Waals surface area contributed by atoms with Gasteiger partial charge in [-0.2, -0.15) is 5.10 Å². The van der Waals surface area contributed by atoms with Crippen molar-refractivity contribution in [1.82, 2.24) is 9.78 Å². The number of fused-ring (bicyclic) bond motifs is 1. The van der Waals surface area contributed by atoms with Crippen molar-refractivity contribution in [1.29, 1.82) is 0 Å². The lowest BCUT2D eigenvalue weighted by Gasteiger charge is -2.13. The molecule has 1 atom stereocenters. The fourth-order valence-corrected chi connectivity index (χ4v) is 4.50. The number of nitrogens with zero attached hydrogens (tertiary/aromatic N) is 2. The number of carbonyl (C=O) groups excluding carboxylic acids is 1. The molecule has 1 N–H and O–H groups in total. The number of anilines is 1. The number of nitrogens with one attached hydrogen (secondary N) is 1. The van der Waals surface area contributed by atoms with E-state index in [9.17, 15) is 9.00 Å². The Labute approximate surface area is 166 Å². The van der Waals surface area contributed by atoms with Crippen LogP contribution in [0, 0.1) is 6.92 Å². The summed E-state index contributed by atoms with van der Waals surface area (Å²) in [5.41, 5.74) is 4.04. The molecule has 0 fully saturated rings. The average molecular weight is 395 g/mol. The lowest BCUT2D eigenvalue weighted by atomic mass is 10.2. The molecule has 0 saturated carbocycles. The van der Waals surface area contributed by atoms with E-state index in [1.807, 2.05) is 44.2 Å². The highest BCUT2D eigenvalue weighted by molar-refractivity contribution is 7.83. The van der Waals surface area contributed by atoms with Crippen molar-refractivity contribution in [2.45, 2.75) is 25.4 Å². The van der Waals surface area contributed by atoms with E-state index in [4.69, 9.17) is 4.74 Å². The Morgan fingerprint density at radius 2 is 1.93 bits per heavy atom. The van der Waals surface area contributed by atoms with Crippen LogP contribution in [-0.4, -0.2) is 26.5 Å².